The molecular formula is C13H22N4. The lowest BCUT2D eigenvalue weighted by atomic mass is 10.2. The van der Waals surface area contributed by atoms with E-state index in [2.05, 4.69) is 27.0 Å². The Morgan fingerprint density at radius 2 is 1.94 bits per heavy atom. The van der Waals surface area contributed by atoms with E-state index in [1.165, 1.54) is 44.3 Å². The lowest BCUT2D eigenvalue weighted by Gasteiger charge is -2.15. The molecule has 0 bridgehead atoms. The lowest BCUT2D eigenvalue weighted by molar-refractivity contribution is 0.482. The summed E-state index contributed by atoms with van der Waals surface area (Å²) in [6.45, 7) is 3.14. The van der Waals surface area contributed by atoms with Crippen LogP contribution in [0.25, 0.3) is 0 Å². The topological polar surface area (TPSA) is 42.7 Å². The van der Waals surface area contributed by atoms with Crippen LogP contribution in [0.2, 0.25) is 0 Å². The number of hydrogen-bond donors (Lipinski definition) is 1. The molecule has 1 aromatic rings. The van der Waals surface area contributed by atoms with Crippen molar-refractivity contribution >= 4 is 0 Å². The van der Waals surface area contributed by atoms with Gasteiger partial charge < -0.3 is 9.88 Å². The zero-order chi connectivity index (χ0) is 11.7. The van der Waals surface area contributed by atoms with Crippen molar-refractivity contribution in [3.63, 3.8) is 0 Å². The Kier molecular flexibility index (Phi) is 3.14. The van der Waals surface area contributed by atoms with E-state index in [4.69, 9.17) is 0 Å². The quantitative estimate of drug-likeness (QED) is 0.847. The number of nitrogens with zero attached hydrogens (tertiary/aromatic N) is 3. The SMILES string of the molecule is Cc1nnc(CCNC2CC2)n1C1CCCC1. The molecule has 1 heterocycles. The summed E-state index contributed by atoms with van der Waals surface area (Å²) < 4.78 is 2.39. The average molecular weight is 234 g/mol. The molecule has 2 aliphatic carbocycles. The predicted octanol–water partition coefficient (Wildman–Crippen LogP) is 2.00. The van der Waals surface area contributed by atoms with Gasteiger partial charge in [0.15, 0.2) is 0 Å². The number of aryl methyl sites for hydroxylation is 1. The molecule has 1 aromatic heterocycles. The highest BCUT2D eigenvalue weighted by Crippen LogP contribution is 2.31. The second kappa shape index (κ2) is 4.77. The molecule has 0 atom stereocenters. The van der Waals surface area contributed by atoms with Crippen molar-refractivity contribution < 1.29 is 0 Å². The minimum Gasteiger partial charge on any atom is -0.314 e. The summed E-state index contributed by atoms with van der Waals surface area (Å²) in [6.07, 6.45) is 9.07. The van der Waals surface area contributed by atoms with Crippen LogP contribution in [0.4, 0.5) is 0 Å². The van der Waals surface area contributed by atoms with E-state index >= 15 is 0 Å². The van der Waals surface area contributed by atoms with Crippen molar-refractivity contribution in [3.8, 4) is 0 Å². The van der Waals surface area contributed by atoms with Gasteiger partial charge in [0.2, 0.25) is 0 Å². The molecule has 0 spiro atoms. The van der Waals surface area contributed by atoms with Crippen molar-refractivity contribution in [1.29, 1.82) is 0 Å². The second-order valence-electron chi connectivity index (χ2n) is 5.45. The third-order valence-electron chi connectivity index (χ3n) is 3.99. The molecule has 0 radical (unpaired) electrons. The van der Waals surface area contributed by atoms with Crippen LogP contribution >= 0.6 is 0 Å². The Hall–Kier alpha value is -0.900. The first-order valence-electron chi connectivity index (χ1n) is 6.98. The van der Waals surface area contributed by atoms with Gasteiger partial charge in [0, 0.05) is 25.0 Å². The molecule has 4 nitrogen and oxygen atoms in total. The molecule has 2 fully saturated rings. The largest absolute Gasteiger partial charge is 0.314 e. The van der Waals surface area contributed by atoms with Gasteiger partial charge in [-0.2, -0.15) is 0 Å². The van der Waals surface area contributed by atoms with Gasteiger partial charge in [-0.25, -0.2) is 0 Å². The van der Waals surface area contributed by atoms with Crippen molar-refractivity contribution in [3.05, 3.63) is 11.6 Å². The summed E-state index contributed by atoms with van der Waals surface area (Å²) in [6, 6.07) is 1.46. The highest BCUT2D eigenvalue weighted by Gasteiger charge is 2.23. The maximum atomic E-state index is 4.35. The summed E-state index contributed by atoms with van der Waals surface area (Å²) in [5.41, 5.74) is 0. The molecule has 3 rings (SSSR count). The van der Waals surface area contributed by atoms with Crippen LogP contribution in [-0.4, -0.2) is 27.4 Å². The molecular weight excluding hydrogens is 212 g/mol. The molecule has 4 heteroatoms. The first kappa shape index (κ1) is 11.2. The lowest BCUT2D eigenvalue weighted by Crippen LogP contribution is -2.21. The van der Waals surface area contributed by atoms with Gasteiger partial charge >= 0.3 is 0 Å². The van der Waals surface area contributed by atoms with Gasteiger partial charge in [0.05, 0.1) is 0 Å². The van der Waals surface area contributed by atoms with Crippen LogP contribution in [0, 0.1) is 6.92 Å². The molecule has 0 aromatic carbocycles. The first-order chi connectivity index (χ1) is 8.34. The van der Waals surface area contributed by atoms with E-state index in [0.717, 1.165) is 24.8 Å². The summed E-state index contributed by atoms with van der Waals surface area (Å²) in [7, 11) is 0. The standard InChI is InChI=1S/C13H22N4/c1-10-15-16-13(8-9-14-11-6-7-11)17(10)12-4-2-3-5-12/h11-12,14H,2-9H2,1H3. The summed E-state index contributed by atoms with van der Waals surface area (Å²) in [4.78, 5) is 0. The second-order valence-corrected chi connectivity index (χ2v) is 5.45. The molecule has 0 saturated heterocycles. The Morgan fingerprint density at radius 3 is 2.65 bits per heavy atom. The molecule has 17 heavy (non-hydrogen) atoms. The van der Waals surface area contributed by atoms with E-state index in [0.29, 0.717) is 6.04 Å². The van der Waals surface area contributed by atoms with E-state index in [9.17, 15) is 0 Å². The van der Waals surface area contributed by atoms with Gasteiger partial charge in [-0.05, 0) is 32.6 Å². The number of rotatable bonds is 5. The zero-order valence-corrected chi connectivity index (χ0v) is 10.7. The van der Waals surface area contributed by atoms with Crippen LogP contribution in [0.3, 0.4) is 0 Å². The van der Waals surface area contributed by atoms with Gasteiger partial charge in [-0.15, -0.1) is 10.2 Å². The molecule has 2 aliphatic rings. The normalized spacial score (nSPS) is 21.2. The van der Waals surface area contributed by atoms with Crippen molar-refractivity contribution in [2.24, 2.45) is 0 Å². The smallest absolute Gasteiger partial charge is 0.134 e. The van der Waals surface area contributed by atoms with Crippen LogP contribution in [0.5, 0.6) is 0 Å². The third kappa shape index (κ3) is 2.51. The molecule has 0 amide bonds. The molecule has 2 saturated carbocycles. The summed E-state index contributed by atoms with van der Waals surface area (Å²) in [5.74, 6) is 2.28. The fraction of sp³-hybridized carbons (Fsp3) is 0.846. The molecule has 94 valence electrons. The van der Waals surface area contributed by atoms with Crippen LogP contribution in [0.1, 0.15) is 56.2 Å². The van der Waals surface area contributed by atoms with Gasteiger partial charge in [-0.3, -0.25) is 0 Å². The Balaban J connectivity index is 1.65. The molecule has 0 unspecified atom stereocenters. The maximum Gasteiger partial charge on any atom is 0.134 e. The maximum absolute atomic E-state index is 4.35. The Morgan fingerprint density at radius 1 is 1.18 bits per heavy atom. The minimum atomic E-state index is 0.668. The van der Waals surface area contributed by atoms with E-state index in [-0.39, 0.29) is 0 Å². The van der Waals surface area contributed by atoms with Crippen LogP contribution in [-0.2, 0) is 6.42 Å². The fourth-order valence-corrected chi connectivity index (χ4v) is 2.90. The third-order valence-corrected chi connectivity index (χ3v) is 3.99. The van der Waals surface area contributed by atoms with Gasteiger partial charge in [0.1, 0.15) is 11.6 Å². The molecule has 1 N–H and O–H groups in total. The Labute approximate surface area is 103 Å². The van der Waals surface area contributed by atoms with E-state index < -0.39 is 0 Å². The molecule has 0 aliphatic heterocycles. The number of nitrogens with one attached hydrogen (secondary N) is 1. The van der Waals surface area contributed by atoms with E-state index in [1.807, 2.05) is 0 Å². The highest BCUT2D eigenvalue weighted by atomic mass is 15.3. The predicted molar refractivity (Wildman–Crippen MR) is 67.0 cm³/mol. The Bertz CT molecular complexity index is 375. The van der Waals surface area contributed by atoms with Crippen molar-refractivity contribution in [2.45, 2.75) is 64.0 Å². The van der Waals surface area contributed by atoms with Crippen molar-refractivity contribution in [2.75, 3.05) is 6.54 Å². The average Bonchev–Trinajstić information content (AvgIpc) is 2.85. The minimum absolute atomic E-state index is 0.668. The number of aromatic nitrogens is 3. The van der Waals surface area contributed by atoms with Gasteiger partial charge in [0.25, 0.3) is 0 Å². The van der Waals surface area contributed by atoms with E-state index in [1.54, 1.807) is 0 Å². The first-order valence-corrected chi connectivity index (χ1v) is 6.98. The highest BCUT2D eigenvalue weighted by molar-refractivity contribution is 4.99. The number of hydrogen-bond acceptors (Lipinski definition) is 3. The van der Waals surface area contributed by atoms with Crippen LogP contribution in [0.15, 0.2) is 0 Å². The van der Waals surface area contributed by atoms with Crippen LogP contribution < -0.4 is 5.32 Å². The van der Waals surface area contributed by atoms with Crippen molar-refractivity contribution in [1.82, 2.24) is 20.1 Å². The summed E-state index contributed by atoms with van der Waals surface area (Å²) in [5, 5.41) is 12.2. The zero-order valence-electron chi connectivity index (χ0n) is 10.7. The monoisotopic (exact) mass is 234 g/mol. The fourth-order valence-electron chi connectivity index (χ4n) is 2.90. The summed E-state index contributed by atoms with van der Waals surface area (Å²) >= 11 is 0. The van der Waals surface area contributed by atoms with Gasteiger partial charge in [-0.1, -0.05) is 12.8 Å².